The first kappa shape index (κ1) is 11.3. The normalized spacial score (nSPS) is 17.3. The topological polar surface area (TPSA) is 82.1 Å². The van der Waals surface area contributed by atoms with Crippen molar-refractivity contribution >= 4 is 11.9 Å². The highest BCUT2D eigenvalue weighted by atomic mass is 16.6. The zero-order valence-corrected chi connectivity index (χ0v) is 9.22. The number of carboxylic acids is 1. The number of hydrogen-bond donors (Lipinski definition) is 1. The summed E-state index contributed by atoms with van der Waals surface area (Å²) in [6, 6.07) is 2.86. The van der Waals surface area contributed by atoms with Crippen LogP contribution >= 0.6 is 0 Å². The van der Waals surface area contributed by atoms with Gasteiger partial charge in [-0.1, -0.05) is 0 Å². The van der Waals surface area contributed by atoms with Crippen molar-refractivity contribution in [1.29, 1.82) is 0 Å². The Hall–Kier alpha value is -2.24. The number of hydrogen-bond acceptors (Lipinski definition) is 5. The summed E-state index contributed by atoms with van der Waals surface area (Å²) in [6.07, 6.45) is -1.28. The number of rotatable bonds is 3. The summed E-state index contributed by atoms with van der Waals surface area (Å²) in [5.74, 6) is -1.18. The number of cyclic esters (lactones) is 1. The molecule has 0 saturated heterocycles. The van der Waals surface area contributed by atoms with Gasteiger partial charge in [0.15, 0.2) is 11.5 Å². The van der Waals surface area contributed by atoms with Crippen LogP contribution in [0.1, 0.15) is 22.0 Å². The fourth-order valence-electron chi connectivity index (χ4n) is 1.71. The second-order valence-corrected chi connectivity index (χ2v) is 3.42. The van der Waals surface area contributed by atoms with Gasteiger partial charge >= 0.3 is 11.9 Å². The molecule has 0 bridgehead atoms. The number of esters is 1. The molecule has 1 N–H and O–H groups in total. The van der Waals surface area contributed by atoms with Crippen LogP contribution in [0, 0.1) is 0 Å². The molecule has 90 valence electrons. The summed E-state index contributed by atoms with van der Waals surface area (Å²) in [4.78, 5) is 22.4. The maximum Gasteiger partial charge on any atom is 0.349 e. The van der Waals surface area contributed by atoms with Crippen molar-refractivity contribution in [3.05, 3.63) is 23.3 Å². The summed E-state index contributed by atoms with van der Waals surface area (Å²) >= 11 is 0. The quantitative estimate of drug-likeness (QED) is 0.791. The van der Waals surface area contributed by atoms with Gasteiger partial charge in [-0.2, -0.15) is 0 Å². The minimum absolute atomic E-state index is 0.190. The van der Waals surface area contributed by atoms with Crippen LogP contribution in [0.3, 0.4) is 0 Å². The maximum atomic E-state index is 11.5. The number of carbonyl (C=O) groups excluding carboxylic acids is 1. The van der Waals surface area contributed by atoms with E-state index >= 15 is 0 Å². The fourth-order valence-corrected chi connectivity index (χ4v) is 1.71. The highest BCUT2D eigenvalue weighted by molar-refractivity contribution is 5.99. The summed E-state index contributed by atoms with van der Waals surface area (Å²) < 4.78 is 14.8. The van der Waals surface area contributed by atoms with E-state index in [4.69, 9.17) is 19.3 Å². The van der Waals surface area contributed by atoms with Crippen LogP contribution in [0.15, 0.2) is 12.1 Å². The van der Waals surface area contributed by atoms with Gasteiger partial charge in [-0.15, -0.1) is 0 Å². The van der Waals surface area contributed by atoms with Crippen molar-refractivity contribution in [2.75, 3.05) is 14.2 Å². The third-order valence-electron chi connectivity index (χ3n) is 2.51. The summed E-state index contributed by atoms with van der Waals surface area (Å²) in [5.41, 5.74) is 0.468. The highest BCUT2D eigenvalue weighted by Gasteiger charge is 2.37. The van der Waals surface area contributed by atoms with Gasteiger partial charge in [-0.05, 0) is 12.1 Å². The summed E-state index contributed by atoms with van der Waals surface area (Å²) in [6.45, 7) is 0. The van der Waals surface area contributed by atoms with Gasteiger partial charge in [0.25, 0.3) is 0 Å². The van der Waals surface area contributed by atoms with Gasteiger partial charge < -0.3 is 19.3 Å². The van der Waals surface area contributed by atoms with E-state index in [2.05, 4.69) is 0 Å². The SMILES string of the molecule is COc1cc2c(cc1OC)C(C(=O)O)OC2=O. The molecule has 1 aromatic rings. The van der Waals surface area contributed by atoms with Crippen molar-refractivity contribution in [3.63, 3.8) is 0 Å². The fraction of sp³-hybridized carbons (Fsp3) is 0.273. The van der Waals surface area contributed by atoms with Gasteiger partial charge in [-0.25, -0.2) is 9.59 Å². The lowest BCUT2D eigenvalue weighted by atomic mass is 10.0. The van der Waals surface area contributed by atoms with E-state index in [9.17, 15) is 9.59 Å². The highest BCUT2D eigenvalue weighted by Crippen LogP contribution is 2.38. The molecule has 0 saturated carbocycles. The Labute approximate surface area is 96.7 Å². The minimum Gasteiger partial charge on any atom is -0.493 e. The van der Waals surface area contributed by atoms with E-state index in [0.29, 0.717) is 11.5 Å². The van der Waals surface area contributed by atoms with Crippen molar-refractivity contribution in [2.45, 2.75) is 6.10 Å². The molecule has 1 atom stereocenters. The molecule has 17 heavy (non-hydrogen) atoms. The van der Waals surface area contributed by atoms with Gasteiger partial charge in [-0.3, -0.25) is 0 Å². The predicted molar refractivity (Wildman–Crippen MR) is 55.3 cm³/mol. The number of aliphatic carboxylic acids is 1. The Balaban J connectivity index is 2.58. The smallest absolute Gasteiger partial charge is 0.349 e. The van der Waals surface area contributed by atoms with E-state index in [1.807, 2.05) is 0 Å². The molecular formula is C11H10O6. The third kappa shape index (κ3) is 1.67. The van der Waals surface area contributed by atoms with Gasteiger partial charge in [0.2, 0.25) is 6.10 Å². The Morgan fingerprint density at radius 1 is 1.29 bits per heavy atom. The Morgan fingerprint density at radius 2 is 1.88 bits per heavy atom. The number of ether oxygens (including phenoxy) is 3. The van der Waals surface area contributed by atoms with Crippen LogP contribution in [0.25, 0.3) is 0 Å². The number of carbonyl (C=O) groups is 2. The average molecular weight is 238 g/mol. The van der Waals surface area contributed by atoms with E-state index < -0.39 is 18.0 Å². The molecule has 0 aliphatic carbocycles. The lowest BCUT2D eigenvalue weighted by molar-refractivity contribution is -0.146. The predicted octanol–water partition coefficient (Wildman–Crippen LogP) is 1.000. The molecule has 1 heterocycles. The Bertz CT molecular complexity index is 493. The standard InChI is InChI=1S/C11H10O6/c1-15-7-3-5-6(4-8(7)16-2)11(14)17-9(5)10(12)13/h3-4,9H,1-2H3,(H,12,13). The molecule has 1 aliphatic heterocycles. The molecule has 6 nitrogen and oxygen atoms in total. The zero-order chi connectivity index (χ0) is 12.6. The number of carboxylic acid groups (broad SMARTS) is 1. The van der Waals surface area contributed by atoms with Gasteiger partial charge in [0.05, 0.1) is 19.8 Å². The number of fused-ring (bicyclic) bond motifs is 1. The van der Waals surface area contributed by atoms with Crippen LogP contribution in [-0.2, 0) is 9.53 Å². The van der Waals surface area contributed by atoms with E-state index in [0.717, 1.165) is 0 Å². The molecule has 1 aliphatic rings. The Morgan fingerprint density at radius 3 is 2.41 bits per heavy atom. The molecule has 0 fully saturated rings. The molecule has 6 heteroatoms. The number of benzene rings is 1. The van der Waals surface area contributed by atoms with Gasteiger partial charge in [0.1, 0.15) is 0 Å². The molecule has 1 aromatic carbocycles. The molecule has 2 rings (SSSR count). The van der Waals surface area contributed by atoms with E-state index in [1.165, 1.54) is 26.4 Å². The molecule has 0 radical (unpaired) electrons. The lowest BCUT2D eigenvalue weighted by Gasteiger charge is -2.09. The first-order valence-corrected chi connectivity index (χ1v) is 4.78. The van der Waals surface area contributed by atoms with E-state index in [-0.39, 0.29) is 11.1 Å². The van der Waals surface area contributed by atoms with Gasteiger partial charge in [0, 0.05) is 5.56 Å². The molecular weight excluding hydrogens is 228 g/mol. The number of methoxy groups -OCH3 is 2. The molecule has 0 amide bonds. The second-order valence-electron chi connectivity index (χ2n) is 3.42. The van der Waals surface area contributed by atoms with Crippen LogP contribution in [0.2, 0.25) is 0 Å². The monoisotopic (exact) mass is 238 g/mol. The van der Waals surface area contributed by atoms with Crippen molar-refractivity contribution < 1.29 is 28.9 Å². The molecule has 0 aromatic heterocycles. The zero-order valence-electron chi connectivity index (χ0n) is 9.22. The Kier molecular flexibility index (Phi) is 2.63. The second kappa shape index (κ2) is 3.97. The third-order valence-corrected chi connectivity index (χ3v) is 2.51. The summed E-state index contributed by atoms with van der Waals surface area (Å²) in [5, 5.41) is 8.92. The van der Waals surface area contributed by atoms with Crippen molar-refractivity contribution in [2.24, 2.45) is 0 Å². The first-order valence-electron chi connectivity index (χ1n) is 4.78. The first-order chi connectivity index (χ1) is 8.08. The van der Waals surface area contributed by atoms with Crippen molar-refractivity contribution in [3.8, 4) is 11.5 Å². The van der Waals surface area contributed by atoms with Crippen LogP contribution in [-0.4, -0.2) is 31.3 Å². The summed E-state index contributed by atoms with van der Waals surface area (Å²) in [7, 11) is 2.86. The molecule has 1 unspecified atom stereocenters. The van der Waals surface area contributed by atoms with Crippen molar-refractivity contribution in [1.82, 2.24) is 0 Å². The minimum atomic E-state index is -1.28. The lowest BCUT2D eigenvalue weighted by Crippen LogP contribution is -2.10. The maximum absolute atomic E-state index is 11.5. The van der Waals surface area contributed by atoms with E-state index in [1.54, 1.807) is 0 Å². The average Bonchev–Trinajstić information content (AvgIpc) is 2.64. The van der Waals surface area contributed by atoms with Crippen LogP contribution < -0.4 is 9.47 Å². The largest absolute Gasteiger partial charge is 0.493 e. The molecule has 0 spiro atoms. The van der Waals surface area contributed by atoms with Crippen LogP contribution in [0.4, 0.5) is 0 Å². The van der Waals surface area contributed by atoms with Crippen LogP contribution in [0.5, 0.6) is 11.5 Å².